The highest BCUT2D eigenvalue weighted by molar-refractivity contribution is 7.81. The molecule has 0 bridgehead atoms. The van der Waals surface area contributed by atoms with E-state index in [4.69, 9.17) is 7.85 Å². The third-order valence-electron chi connectivity index (χ3n) is 3.00. The van der Waals surface area contributed by atoms with Crippen LogP contribution in [0.2, 0.25) is 5.82 Å². The van der Waals surface area contributed by atoms with E-state index in [9.17, 15) is 5.11 Å². The molecule has 0 amide bonds. The second-order valence-electron chi connectivity index (χ2n) is 5.19. The van der Waals surface area contributed by atoms with E-state index >= 15 is 0 Å². The van der Waals surface area contributed by atoms with Gasteiger partial charge in [-0.15, -0.1) is 0 Å². The Morgan fingerprint density at radius 1 is 1.36 bits per heavy atom. The van der Waals surface area contributed by atoms with E-state index in [-0.39, 0.29) is 4.75 Å². The lowest BCUT2D eigenvalue weighted by Gasteiger charge is -2.32. The molecule has 14 heavy (non-hydrogen) atoms. The summed E-state index contributed by atoms with van der Waals surface area (Å²) in [6.07, 6.45) is 2.55. The van der Waals surface area contributed by atoms with Crippen molar-refractivity contribution in [3.63, 3.8) is 0 Å². The van der Waals surface area contributed by atoms with Gasteiger partial charge in [-0.1, -0.05) is 25.6 Å². The fourth-order valence-electron chi connectivity index (χ4n) is 0.740. The standard InChI is InChI=1S/C6H14OS.C5H9B/c1-5(2,7)6(3,4)8;1-2-4-3-5(4)6/h7-8H,1-4H3;4-5H,2-3H2,1H3. The van der Waals surface area contributed by atoms with Crippen LogP contribution in [-0.2, 0) is 0 Å². The van der Waals surface area contributed by atoms with Crippen LogP contribution in [0, 0.1) is 5.92 Å². The Bertz CT molecular complexity index is 155. The molecule has 0 aliphatic heterocycles. The summed E-state index contributed by atoms with van der Waals surface area (Å²) < 4.78 is -0.312. The molecule has 0 saturated heterocycles. The number of thiol groups is 1. The van der Waals surface area contributed by atoms with Gasteiger partial charge in [-0.3, -0.25) is 0 Å². The summed E-state index contributed by atoms with van der Waals surface area (Å²) in [5, 5.41) is 9.28. The Balaban J connectivity index is 0.000000249. The Hall–Kier alpha value is 0.375. The molecule has 3 heteroatoms. The van der Waals surface area contributed by atoms with Crippen molar-refractivity contribution in [1.29, 1.82) is 0 Å². The fourth-order valence-corrected chi connectivity index (χ4v) is 0.740. The number of rotatable bonds is 2. The maximum atomic E-state index is 9.28. The molecular weight excluding hydrogens is 191 g/mol. The van der Waals surface area contributed by atoms with Crippen molar-refractivity contribution >= 4 is 20.5 Å². The van der Waals surface area contributed by atoms with Gasteiger partial charge in [0, 0.05) is 4.75 Å². The average Bonchev–Trinajstić information content (AvgIpc) is 2.63. The molecule has 1 N–H and O–H groups in total. The average molecular weight is 214 g/mol. The molecule has 0 spiro atoms. The van der Waals surface area contributed by atoms with Gasteiger partial charge in [0.25, 0.3) is 0 Å². The SMILES string of the molecule is CC(C)(O)C(C)(C)S.[B]C1CC1CC. The van der Waals surface area contributed by atoms with E-state index in [1.54, 1.807) is 13.8 Å². The lowest BCUT2D eigenvalue weighted by Crippen LogP contribution is -2.40. The van der Waals surface area contributed by atoms with Gasteiger partial charge in [0.05, 0.1) is 13.4 Å². The molecule has 0 aromatic rings. The number of hydrogen-bond acceptors (Lipinski definition) is 2. The minimum atomic E-state index is -0.698. The van der Waals surface area contributed by atoms with Crippen molar-refractivity contribution in [2.75, 3.05) is 0 Å². The van der Waals surface area contributed by atoms with E-state index in [1.807, 2.05) is 13.8 Å². The van der Waals surface area contributed by atoms with E-state index in [0.29, 0.717) is 5.82 Å². The first kappa shape index (κ1) is 14.4. The molecule has 0 aromatic carbocycles. The molecule has 1 saturated carbocycles. The molecule has 1 nitrogen and oxygen atoms in total. The van der Waals surface area contributed by atoms with Gasteiger partial charge in [0.1, 0.15) is 0 Å². The molecule has 2 radical (unpaired) electrons. The summed E-state index contributed by atoms with van der Waals surface area (Å²) >= 11 is 4.19. The van der Waals surface area contributed by atoms with Crippen LogP contribution < -0.4 is 0 Å². The minimum absolute atomic E-state index is 0.312. The highest BCUT2D eigenvalue weighted by atomic mass is 32.1. The zero-order chi connectivity index (χ0) is 11.6. The minimum Gasteiger partial charge on any atom is -0.389 e. The van der Waals surface area contributed by atoms with Crippen LogP contribution >= 0.6 is 12.6 Å². The number of hydrogen-bond donors (Lipinski definition) is 2. The summed E-state index contributed by atoms with van der Waals surface area (Å²) in [7, 11) is 5.48. The second-order valence-corrected chi connectivity index (χ2v) is 6.30. The van der Waals surface area contributed by atoms with Crippen LogP contribution in [0.5, 0.6) is 0 Å². The Kier molecular flexibility index (Phi) is 5.07. The molecule has 1 aliphatic rings. The smallest absolute Gasteiger partial charge is 0.0729 e. The van der Waals surface area contributed by atoms with Crippen LogP contribution in [0.25, 0.3) is 0 Å². The van der Waals surface area contributed by atoms with Crippen LogP contribution in [0.1, 0.15) is 47.5 Å². The molecule has 0 heterocycles. The van der Waals surface area contributed by atoms with Gasteiger partial charge in [0.15, 0.2) is 0 Å². The normalized spacial score (nSPS) is 26.5. The molecule has 2 unspecified atom stereocenters. The predicted octanol–water partition coefficient (Wildman–Crippen LogP) is 2.84. The maximum Gasteiger partial charge on any atom is 0.0729 e. The summed E-state index contributed by atoms with van der Waals surface area (Å²) in [6, 6.07) is 0. The van der Waals surface area contributed by atoms with Gasteiger partial charge in [-0.2, -0.15) is 12.6 Å². The van der Waals surface area contributed by atoms with Gasteiger partial charge in [-0.05, 0) is 33.6 Å². The van der Waals surface area contributed by atoms with Crippen molar-refractivity contribution in [3.8, 4) is 0 Å². The van der Waals surface area contributed by atoms with Crippen LogP contribution in [0.3, 0.4) is 0 Å². The monoisotopic (exact) mass is 214 g/mol. The van der Waals surface area contributed by atoms with Gasteiger partial charge in [0.2, 0.25) is 0 Å². The van der Waals surface area contributed by atoms with E-state index < -0.39 is 5.60 Å². The zero-order valence-corrected chi connectivity index (χ0v) is 10.9. The van der Waals surface area contributed by atoms with Gasteiger partial charge >= 0.3 is 0 Å². The summed E-state index contributed by atoms with van der Waals surface area (Å²) in [4.78, 5) is 0. The topological polar surface area (TPSA) is 20.2 Å². The van der Waals surface area contributed by atoms with Crippen molar-refractivity contribution in [2.24, 2.45) is 5.92 Å². The molecule has 82 valence electrons. The van der Waals surface area contributed by atoms with Crippen molar-refractivity contribution in [2.45, 2.75) is 63.6 Å². The summed E-state index contributed by atoms with van der Waals surface area (Å²) in [6.45, 7) is 9.46. The zero-order valence-electron chi connectivity index (χ0n) is 10.0. The molecular formula is C11H23BOS. The third-order valence-corrected chi connectivity index (χ3v) is 3.55. The summed E-state index contributed by atoms with van der Waals surface area (Å²) in [5.74, 6) is 1.44. The lowest BCUT2D eigenvalue weighted by atomic mass is 9.94. The first-order chi connectivity index (χ1) is 6.09. The highest BCUT2D eigenvalue weighted by Gasteiger charge is 2.30. The molecule has 1 rings (SSSR count). The fraction of sp³-hybridized carbons (Fsp3) is 1.00. The van der Waals surface area contributed by atoms with Gasteiger partial charge < -0.3 is 5.11 Å². The van der Waals surface area contributed by atoms with Crippen LogP contribution in [0.15, 0.2) is 0 Å². The second kappa shape index (κ2) is 4.93. The van der Waals surface area contributed by atoms with Crippen molar-refractivity contribution in [3.05, 3.63) is 0 Å². The maximum absolute atomic E-state index is 9.28. The molecule has 2 atom stereocenters. The summed E-state index contributed by atoms with van der Waals surface area (Å²) in [5.41, 5.74) is -0.698. The van der Waals surface area contributed by atoms with E-state index in [0.717, 1.165) is 5.92 Å². The Labute approximate surface area is 95.5 Å². The first-order valence-corrected chi connectivity index (χ1v) is 5.74. The first-order valence-electron chi connectivity index (χ1n) is 5.30. The molecule has 1 aliphatic carbocycles. The lowest BCUT2D eigenvalue weighted by molar-refractivity contribution is 0.0500. The predicted molar refractivity (Wildman–Crippen MR) is 67.3 cm³/mol. The van der Waals surface area contributed by atoms with Gasteiger partial charge in [-0.25, -0.2) is 0 Å². The van der Waals surface area contributed by atoms with Crippen LogP contribution in [-0.4, -0.2) is 23.3 Å². The molecule has 1 fully saturated rings. The Morgan fingerprint density at radius 3 is 1.64 bits per heavy atom. The number of aliphatic hydroxyl groups is 1. The van der Waals surface area contributed by atoms with E-state index in [1.165, 1.54) is 12.8 Å². The molecule has 0 aromatic heterocycles. The Morgan fingerprint density at radius 2 is 1.64 bits per heavy atom. The quantitative estimate of drug-likeness (QED) is 0.535. The third kappa shape index (κ3) is 5.30. The highest BCUT2D eigenvalue weighted by Crippen LogP contribution is 2.43. The van der Waals surface area contributed by atoms with Crippen LogP contribution in [0.4, 0.5) is 0 Å². The van der Waals surface area contributed by atoms with E-state index in [2.05, 4.69) is 19.6 Å². The van der Waals surface area contributed by atoms with Crippen molar-refractivity contribution < 1.29 is 5.11 Å². The largest absolute Gasteiger partial charge is 0.389 e. The van der Waals surface area contributed by atoms with Crippen molar-refractivity contribution in [1.82, 2.24) is 0 Å².